The van der Waals surface area contributed by atoms with Gasteiger partial charge < -0.3 is 10.4 Å². The van der Waals surface area contributed by atoms with Crippen LogP contribution in [0.15, 0.2) is 30.9 Å². The second kappa shape index (κ2) is 5.29. The van der Waals surface area contributed by atoms with Crippen molar-refractivity contribution in [1.29, 1.82) is 0 Å². The van der Waals surface area contributed by atoms with E-state index in [0.29, 0.717) is 5.56 Å². The van der Waals surface area contributed by atoms with E-state index in [1.54, 1.807) is 12.1 Å². The summed E-state index contributed by atoms with van der Waals surface area (Å²) in [6, 6.07) is 4.15. The van der Waals surface area contributed by atoms with Crippen molar-refractivity contribution in [1.82, 2.24) is 10.2 Å². The van der Waals surface area contributed by atoms with Crippen molar-refractivity contribution in [3.05, 3.63) is 42.2 Å². The first kappa shape index (κ1) is 12.1. The lowest BCUT2D eigenvalue weighted by Crippen LogP contribution is -2.44. The molecule has 0 radical (unpaired) electrons. The van der Waals surface area contributed by atoms with Crippen LogP contribution < -0.4 is 5.32 Å². The highest BCUT2D eigenvalue weighted by molar-refractivity contribution is 5.31. The zero-order valence-electron chi connectivity index (χ0n) is 9.69. The molecule has 1 aromatic rings. The summed E-state index contributed by atoms with van der Waals surface area (Å²) < 4.78 is 13.8. The van der Waals surface area contributed by atoms with Gasteiger partial charge in [0.05, 0.1) is 6.04 Å². The van der Waals surface area contributed by atoms with Gasteiger partial charge in [-0.25, -0.2) is 4.39 Å². The van der Waals surface area contributed by atoms with E-state index in [9.17, 15) is 9.50 Å². The van der Waals surface area contributed by atoms with Crippen molar-refractivity contribution in [2.24, 2.45) is 0 Å². The minimum atomic E-state index is -0.381. The predicted octanol–water partition coefficient (Wildman–Crippen LogP) is 1.66. The zero-order valence-corrected chi connectivity index (χ0v) is 9.69. The fraction of sp³-hybridized carbons (Fsp3) is 0.385. The van der Waals surface area contributed by atoms with E-state index in [1.165, 1.54) is 6.07 Å². The summed E-state index contributed by atoms with van der Waals surface area (Å²) in [5.41, 5.74) is 0.569. The van der Waals surface area contributed by atoms with E-state index in [0.717, 1.165) is 32.2 Å². The normalized spacial score (nSPS) is 18.9. The Morgan fingerprint density at radius 3 is 2.71 bits per heavy atom. The fourth-order valence-electron chi connectivity index (χ4n) is 2.19. The van der Waals surface area contributed by atoms with Gasteiger partial charge in [0.1, 0.15) is 11.6 Å². The first-order valence-corrected chi connectivity index (χ1v) is 5.78. The molecule has 2 rings (SSSR count). The Labute approximate surface area is 101 Å². The van der Waals surface area contributed by atoms with Crippen LogP contribution in [0.2, 0.25) is 0 Å². The number of halogens is 1. The summed E-state index contributed by atoms with van der Waals surface area (Å²) in [4.78, 5) is 2.18. The maximum Gasteiger partial charge on any atom is 0.131 e. The minimum Gasteiger partial charge on any atom is -0.508 e. The first-order valence-electron chi connectivity index (χ1n) is 5.78. The van der Waals surface area contributed by atoms with Crippen molar-refractivity contribution in [2.75, 3.05) is 26.2 Å². The van der Waals surface area contributed by atoms with Crippen molar-refractivity contribution >= 4 is 0 Å². The molecule has 0 unspecified atom stereocenters. The van der Waals surface area contributed by atoms with E-state index in [2.05, 4.69) is 16.8 Å². The molecular formula is C13H17FN2O. The Morgan fingerprint density at radius 1 is 1.41 bits per heavy atom. The van der Waals surface area contributed by atoms with Crippen LogP contribution in [0.5, 0.6) is 5.75 Å². The average Bonchev–Trinajstić information content (AvgIpc) is 2.34. The van der Waals surface area contributed by atoms with Gasteiger partial charge in [0.25, 0.3) is 0 Å². The monoisotopic (exact) mass is 236 g/mol. The number of piperazine rings is 1. The molecule has 1 heterocycles. The second-order valence-corrected chi connectivity index (χ2v) is 4.17. The summed E-state index contributed by atoms with van der Waals surface area (Å²) in [6.07, 6.45) is 1.75. The molecule has 1 atom stereocenters. The highest BCUT2D eigenvalue weighted by Crippen LogP contribution is 2.26. The van der Waals surface area contributed by atoms with Gasteiger partial charge in [0.2, 0.25) is 0 Å². The number of aromatic hydroxyl groups is 1. The topological polar surface area (TPSA) is 35.5 Å². The Morgan fingerprint density at radius 2 is 2.12 bits per heavy atom. The second-order valence-electron chi connectivity index (χ2n) is 4.17. The Balaban J connectivity index is 2.24. The van der Waals surface area contributed by atoms with Crippen LogP contribution in [-0.2, 0) is 0 Å². The standard InChI is InChI=1S/C13H17FN2O/c1-2-13(16-7-5-15-6-8-16)11-4-3-10(17)9-12(11)14/h2-4,9,13,15,17H,1,5-8H2/t13-/m0/s1. The number of nitrogens with one attached hydrogen (secondary N) is 1. The average molecular weight is 236 g/mol. The molecule has 0 aliphatic carbocycles. The van der Waals surface area contributed by atoms with Crippen molar-refractivity contribution in [3.63, 3.8) is 0 Å². The fourth-order valence-corrected chi connectivity index (χ4v) is 2.19. The van der Waals surface area contributed by atoms with Crippen molar-refractivity contribution < 1.29 is 9.50 Å². The highest BCUT2D eigenvalue weighted by Gasteiger charge is 2.21. The molecule has 1 aliphatic heterocycles. The van der Waals surface area contributed by atoms with Gasteiger partial charge in [0, 0.05) is 37.8 Å². The van der Waals surface area contributed by atoms with Crippen LogP contribution in [0.3, 0.4) is 0 Å². The minimum absolute atomic E-state index is 0.0469. The largest absolute Gasteiger partial charge is 0.508 e. The quantitative estimate of drug-likeness (QED) is 0.784. The first-order chi connectivity index (χ1) is 8.22. The SMILES string of the molecule is C=C[C@@H](c1ccc(O)cc1F)N1CCNCC1. The summed E-state index contributed by atoms with van der Waals surface area (Å²) >= 11 is 0. The molecule has 17 heavy (non-hydrogen) atoms. The third kappa shape index (κ3) is 2.65. The van der Waals surface area contributed by atoms with E-state index in [4.69, 9.17) is 0 Å². The third-order valence-electron chi connectivity index (χ3n) is 3.07. The van der Waals surface area contributed by atoms with Crippen LogP contribution in [-0.4, -0.2) is 36.2 Å². The molecule has 1 aromatic carbocycles. The molecule has 92 valence electrons. The van der Waals surface area contributed by atoms with E-state index >= 15 is 0 Å². The van der Waals surface area contributed by atoms with E-state index in [1.807, 2.05) is 0 Å². The lowest BCUT2D eigenvalue weighted by molar-refractivity contribution is 0.200. The van der Waals surface area contributed by atoms with Crippen LogP contribution in [0.4, 0.5) is 4.39 Å². The third-order valence-corrected chi connectivity index (χ3v) is 3.07. The molecule has 1 saturated heterocycles. The lowest BCUT2D eigenvalue weighted by Gasteiger charge is -2.33. The molecule has 0 bridgehead atoms. The smallest absolute Gasteiger partial charge is 0.131 e. The summed E-state index contributed by atoms with van der Waals surface area (Å²) in [5.74, 6) is -0.428. The molecule has 2 N–H and O–H groups in total. The zero-order chi connectivity index (χ0) is 12.3. The van der Waals surface area contributed by atoms with Crippen LogP contribution in [0, 0.1) is 5.82 Å². The lowest BCUT2D eigenvalue weighted by atomic mass is 10.0. The number of hydrogen-bond donors (Lipinski definition) is 2. The van der Waals surface area contributed by atoms with E-state index < -0.39 is 0 Å². The maximum atomic E-state index is 13.8. The van der Waals surface area contributed by atoms with E-state index in [-0.39, 0.29) is 17.6 Å². The van der Waals surface area contributed by atoms with Crippen molar-refractivity contribution in [3.8, 4) is 5.75 Å². The molecule has 1 aliphatic rings. The molecule has 0 amide bonds. The number of phenols is 1. The van der Waals surface area contributed by atoms with Gasteiger partial charge in [-0.3, -0.25) is 4.90 Å². The molecular weight excluding hydrogens is 219 g/mol. The number of phenolic OH excluding ortho intramolecular Hbond substituents is 1. The van der Waals surface area contributed by atoms with Gasteiger partial charge in [-0.2, -0.15) is 0 Å². The van der Waals surface area contributed by atoms with Gasteiger partial charge in [-0.1, -0.05) is 12.1 Å². The van der Waals surface area contributed by atoms with Gasteiger partial charge in [0.15, 0.2) is 0 Å². The number of hydrogen-bond acceptors (Lipinski definition) is 3. The molecule has 0 spiro atoms. The summed E-state index contributed by atoms with van der Waals surface area (Å²) in [5, 5.41) is 12.5. The Hall–Kier alpha value is -1.39. The molecule has 3 nitrogen and oxygen atoms in total. The molecule has 0 aromatic heterocycles. The van der Waals surface area contributed by atoms with Crippen LogP contribution >= 0.6 is 0 Å². The molecule has 1 fully saturated rings. The summed E-state index contributed by atoms with van der Waals surface area (Å²) in [6.45, 7) is 7.34. The Bertz CT molecular complexity index is 402. The van der Waals surface area contributed by atoms with Crippen LogP contribution in [0.25, 0.3) is 0 Å². The number of rotatable bonds is 3. The predicted molar refractivity (Wildman–Crippen MR) is 65.4 cm³/mol. The van der Waals surface area contributed by atoms with Crippen LogP contribution in [0.1, 0.15) is 11.6 Å². The van der Waals surface area contributed by atoms with Gasteiger partial charge in [-0.05, 0) is 6.07 Å². The number of benzene rings is 1. The summed E-state index contributed by atoms with van der Waals surface area (Å²) in [7, 11) is 0. The maximum absolute atomic E-state index is 13.8. The highest BCUT2D eigenvalue weighted by atomic mass is 19.1. The van der Waals surface area contributed by atoms with Gasteiger partial charge in [-0.15, -0.1) is 6.58 Å². The Kier molecular flexibility index (Phi) is 3.76. The number of nitrogens with zero attached hydrogens (tertiary/aromatic N) is 1. The molecule has 4 heteroatoms. The van der Waals surface area contributed by atoms with Gasteiger partial charge >= 0.3 is 0 Å². The van der Waals surface area contributed by atoms with Crippen molar-refractivity contribution in [2.45, 2.75) is 6.04 Å². The molecule has 0 saturated carbocycles.